The van der Waals surface area contributed by atoms with Crippen LogP contribution < -0.4 is 4.74 Å². The van der Waals surface area contributed by atoms with Crippen LogP contribution in [0.4, 0.5) is 13.2 Å². The minimum Gasteiger partial charge on any atom is -0.497 e. The first-order chi connectivity index (χ1) is 7.24. The van der Waals surface area contributed by atoms with Crippen LogP contribution in [0.25, 0.3) is 0 Å². The Morgan fingerprint density at radius 3 is 2.00 bits per heavy atom. The maximum atomic E-state index is 11.8. The average molecular weight is 256 g/mol. The summed E-state index contributed by atoms with van der Waals surface area (Å²) in [6.45, 7) is 0. The van der Waals surface area contributed by atoms with Crippen LogP contribution >= 0.6 is 0 Å². The van der Waals surface area contributed by atoms with Crippen molar-refractivity contribution in [3.8, 4) is 5.75 Å². The van der Waals surface area contributed by atoms with Crippen molar-refractivity contribution >= 4 is 10.1 Å². The monoisotopic (exact) mass is 256 g/mol. The Labute approximate surface area is 89.7 Å². The molecule has 0 aliphatic rings. The zero-order valence-electron chi connectivity index (χ0n) is 7.98. The predicted molar refractivity (Wildman–Crippen MR) is 47.3 cm³/mol. The van der Waals surface area contributed by atoms with Crippen molar-refractivity contribution < 1.29 is 30.5 Å². The first-order valence-electron chi connectivity index (χ1n) is 3.91. The van der Waals surface area contributed by atoms with Crippen LogP contribution in [0.5, 0.6) is 5.75 Å². The number of alkyl halides is 3. The van der Waals surface area contributed by atoms with Crippen LogP contribution in [0.2, 0.25) is 0 Å². The molecule has 90 valence electrons. The van der Waals surface area contributed by atoms with Gasteiger partial charge in [0.2, 0.25) is 0 Å². The summed E-state index contributed by atoms with van der Waals surface area (Å²) in [5, 5.41) is 0. The Morgan fingerprint density at radius 1 is 1.12 bits per heavy atom. The summed E-state index contributed by atoms with van der Waals surface area (Å²) in [4.78, 5) is -0.592. The van der Waals surface area contributed by atoms with Gasteiger partial charge in [-0.1, -0.05) is 0 Å². The maximum absolute atomic E-state index is 11.8. The molecule has 1 aromatic carbocycles. The fourth-order valence-electron chi connectivity index (χ4n) is 0.915. The van der Waals surface area contributed by atoms with Gasteiger partial charge in [-0.15, -0.1) is 13.2 Å². The fraction of sp³-hybridized carbons (Fsp3) is 0.250. The topological polar surface area (TPSA) is 52.6 Å². The third-order valence-electron chi connectivity index (χ3n) is 1.55. The number of ether oxygens (including phenoxy) is 1. The van der Waals surface area contributed by atoms with Crippen molar-refractivity contribution in [2.45, 2.75) is 11.3 Å². The van der Waals surface area contributed by atoms with Crippen LogP contribution in [0.15, 0.2) is 29.2 Å². The maximum Gasteiger partial charge on any atom is 0.537 e. The largest absolute Gasteiger partial charge is 0.537 e. The van der Waals surface area contributed by atoms with Crippen LogP contribution in [-0.4, -0.2) is 21.9 Å². The highest BCUT2D eigenvalue weighted by atomic mass is 32.2. The van der Waals surface area contributed by atoms with Crippen LogP contribution in [0, 0.1) is 0 Å². The quantitative estimate of drug-likeness (QED) is 0.775. The van der Waals surface area contributed by atoms with Crippen LogP contribution in [0.1, 0.15) is 0 Å². The number of benzene rings is 1. The summed E-state index contributed by atoms with van der Waals surface area (Å²) in [7, 11) is -3.48. The Morgan fingerprint density at radius 2 is 1.62 bits per heavy atom. The minimum absolute atomic E-state index is 0.325. The second-order valence-electron chi connectivity index (χ2n) is 2.66. The lowest BCUT2D eigenvalue weighted by molar-refractivity contribution is -0.271. The molecule has 0 aromatic heterocycles. The molecule has 0 unspecified atom stereocenters. The molecule has 0 amide bonds. The molecule has 8 heteroatoms. The molecule has 0 aliphatic carbocycles. The van der Waals surface area contributed by atoms with E-state index in [-0.39, 0.29) is 0 Å². The highest BCUT2D eigenvalue weighted by Crippen LogP contribution is 2.25. The Hall–Kier alpha value is -1.28. The zero-order valence-corrected chi connectivity index (χ0v) is 8.80. The summed E-state index contributed by atoms with van der Waals surface area (Å²) < 4.78 is 65.1. The van der Waals surface area contributed by atoms with E-state index in [1.165, 1.54) is 19.2 Å². The summed E-state index contributed by atoms with van der Waals surface area (Å²) in [5.41, 5.74) is 0. The molecule has 0 fully saturated rings. The van der Waals surface area contributed by atoms with Crippen molar-refractivity contribution in [2.75, 3.05) is 7.11 Å². The Bertz CT molecular complexity index is 449. The first kappa shape index (κ1) is 12.8. The van der Waals surface area contributed by atoms with Crippen molar-refractivity contribution in [3.63, 3.8) is 0 Å². The smallest absolute Gasteiger partial charge is 0.497 e. The number of hydrogen-bond acceptors (Lipinski definition) is 4. The SMILES string of the molecule is COc1ccc(S(=O)(=O)OC(F)(F)F)cc1. The Kier molecular flexibility index (Phi) is 3.44. The molecule has 16 heavy (non-hydrogen) atoms. The molecule has 1 rings (SSSR count). The zero-order chi connectivity index (χ0) is 12.4. The second-order valence-corrected chi connectivity index (χ2v) is 4.21. The van der Waals surface area contributed by atoms with Gasteiger partial charge >= 0.3 is 16.5 Å². The highest BCUT2D eigenvalue weighted by Gasteiger charge is 2.37. The van der Waals surface area contributed by atoms with E-state index in [4.69, 9.17) is 4.74 Å². The van der Waals surface area contributed by atoms with Gasteiger partial charge in [-0.05, 0) is 24.3 Å². The molecule has 0 spiro atoms. The molecule has 1 aromatic rings. The van der Waals surface area contributed by atoms with Gasteiger partial charge in [-0.25, -0.2) is 0 Å². The van der Waals surface area contributed by atoms with Crippen molar-refractivity contribution in [1.29, 1.82) is 0 Å². The lowest BCUT2D eigenvalue weighted by atomic mass is 10.3. The first-order valence-corrected chi connectivity index (χ1v) is 5.32. The van der Waals surface area contributed by atoms with E-state index in [2.05, 4.69) is 4.18 Å². The normalized spacial score (nSPS) is 12.5. The third-order valence-corrected chi connectivity index (χ3v) is 2.81. The fourth-order valence-corrected chi connectivity index (χ4v) is 1.73. The number of hydrogen-bond donors (Lipinski definition) is 0. The van der Waals surface area contributed by atoms with Crippen molar-refractivity contribution in [3.05, 3.63) is 24.3 Å². The number of halogens is 3. The number of rotatable bonds is 3. The molecular weight excluding hydrogens is 249 g/mol. The van der Waals surface area contributed by atoms with Gasteiger partial charge < -0.3 is 4.74 Å². The van der Waals surface area contributed by atoms with E-state index in [0.717, 1.165) is 12.1 Å². The molecular formula is C8H7F3O4S. The average Bonchev–Trinajstić information content (AvgIpc) is 2.14. The lowest BCUT2D eigenvalue weighted by Crippen LogP contribution is -2.19. The number of methoxy groups -OCH3 is 1. The Balaban J connectivity index is 2.99. The van der Waals surface area contributed by atoms with Crippen LogP contribution in [-0.2, 0) is 14.3 Å². The summed E-state index contributed by atoms with van der Waals surface area (Å²) in [6, 6.07) is 4.35. The van der Waals surface area contributed by atoms with Gasteiger partial charge in [0.1, 0.15) is 5.75 Å². The predicted octanol–water partition coefficient (Wildman–Crippen LogP) is 1.92. The molecule has 0 atom stereocenters. The van der Waals surface area contributed by atoms with Gasteiger partial charge in [0.15, 0.2) is 0 Å². The second kappa shape index (κ2) is 4.30. The van der Waals surface area contributed by atoms with E-state index in [0.29, 0.717) is 5.75 Å². The summed E-state index contributed by atoms with van der Waals surface area (Å²) in [5.74, 6) is 0.325. The van der Waals surface area contributed by atoms with Crippen molar-refractivity contribution in [1.82, 2.24) is 0 Å². The highest BCUT2D eigenvalue weighted by molar-refractivity contribution is 7.86. The van der Waals surface area contributed by atoms with Gasteiger partial charge in [-0.2, -0.15) is 12.6 Å². The summed E-state index contributed by atoms with van der Waals surface area (Å²) >= 11 is 0. The molecule has 4 nitrogen and oxygen atoms in total. The molecule has 0 bridgehead atoms. The minimum atomic E-state index is -5.24. The van der Waals surface area contributed by atoms with Gasteiger partial charge in [0, 0.05) is 0 Å². The molecule has 0 heterocycles. The van der Waals surface area contributed by atoms with Gasteiger partial charge in [0.05, 0.1) is 12.0 Å². The van der Waals surface area contributed by atoms with Crippen LogP contribution in [0.3, 0.4) is 0 Å². The van der Waals surface area contributed by atoms with Gasteiger partial charge in [0.25, 0.3) is 0 Å². The van der Waals surface area contributed by atoms with E-state index in [1.54, 1.807) is 0 Å². The lowest BCUT2D eigenvalue weighted by Gasteiger charge is -2.08. The van der Waals surface area contributed by atoms with E-state index >= 15 is 0 Å². The van der Waals surface area contributed by atoms with Crippen molar-refractivity contribution in [2.24, 2.45) is 0 Å². The molecule has 0 saturated heterocycles. The van der Waals surface area contributed by atoms with E-state index in [9.17, 15) is 21.6 Å². The van der Waals surface area contributed by atoms with E-state index < -0.39 is 21.4 Å². The summed E-state index contributed by atoms with van der Waals surface area (Å²) in [6.07, 6.45) is -5.24. The molecule has 0 N–H and O–H groups in total. The standard InChI is InChI=1S/C8H7F3O4S/c1-14-6-2-4-7(5-3-6)16(12,13)15-8(9,10)11/h2-5H,1H3. The van der Waals surface area contributed by atoms with E-state index in [1.807, 2.05) is 0 Å². The molecule has 0 saturated carbocycles. The molecule has 0 aliphatic heterocycles. The van der Waals surface area contributed by atoms with Gasteiger partial charge in [-0.3, -0.25) is 0 Å². The third kappa shape index (κ3) is 3.38. The molecule has 0 radical (unpaired) electrons.